The Morgan fingerprint density at radius 1 is 1.20 bits per heavy atom. The average Bonchev–Trinajstić information content (AvgIpc) is 3.10. The normalized spacial score (nSPS) is 11.9. The van der Waals surface area contributed by atoms with Crippen molar-refractivity contribution in [1.29, 1.82) is 0 Å². The zero-order valence-corrected chi connectivity index (χ0v) is 14.8. The van der Waals surface area contributed by atoms with Crippen molar-refractivity contribution in [3.8, 4) is 0 Å². The van der Waals surface area contributed by atoms with E-state index in [1.807, 2.05) is 66.2 Å². The van der Waals surface area contributed by atoms with Crippen LogP contribution in [0.5, 0.6) is 0 Å². The summed E-state index contributed by atoms with van der Waals surface area (Å²) >= 11 is 6.18. The van der Waals surface area contributed by atoms with Crippen molar-refractivity contribution in [2.75, 3.05) is 0 Å². The monoisotopic (exact) mass is 353 g/mol. The Balaban J connectivity index is 1.58. The number of halogens is 1. The van der Waals surface area contributed by atoms with Crippen molar-refractivity contribution in [3.05, 3.63) is 89.0 Å². The number of rotatable bonds is 6. The number of benzene rings is 2. The van der Waals surface area contributed by atoms with Crippen LogP contribution in [0.25, 0.3) is 0 Å². The Labute approximate surface area is 152 Å². The average molecular weight is 354 g/mol. The number of carbonyl (C=O) groups is 1. The van der Waals surface area contributed by atoms with Crippen LogP contribution in [0.1, 0.15) is 28.4 Å². The number of nitrogens with one attached hydrogen (secondary N) is 1. The van der Waals surface area contributed by atoms with Gasteiger partial charge in [0.15, 0.2) is 0 Å². The molecule has 0 saturated carbocycles. The molecule has 5 heteroatoms. The minimum absolute atomic E-state index is 0.00183. The largest absolute Gasteiger partial charge is 0.349 e. The van der Waals surface area contributed by atoms with E-state index in [0.29, 0.717) is 12.0 Å². The molecular formula is C20H20ClN3O. The van der Waals surface area contributed by atoms with E-state index in [-0.39, 0.29) is 11.9 Å². The van der Waals surface area contributed by atoms with E-state index < -0.39 is 0 Å². The van der Waals surface area contributed by atoms with Crippen LogP contribution in [-0.2, 0) is 13.0 Å². The summed E-state index contributed by atoms with van der Waals surface area (Å²) in [5, 5.41) is 3.75. The van der Waals surface area contributed by atoms with Crippen molar-refractivity contribution < 1.29 is 4.79 Å². The maximum Gasteiger partial charge on any atom is 0.251 e. The molecule has 0 bridgehead atoms. The van der Waals surface area contributed by atoms with Crippen molar-refractivity contribution in [1.82, 2.24) is 14.9 Å². The highest BCUT2D eigenvalue weighted by atomic mass is 35.5. The van der Waals surface area contributed by atoms with E-state index in [1.165, 1.54) is 0 Å². The lowest BCUT2D eigenvalue weighted by molar-refractivity contribution is 0.0940. The molecule has 4 nitrogen and oxygen atoms in total. The first-order valence-electron chi connectivity index (χ1n) is 8.21. The molecule has 1 N–H and O–H groups in total. The Morgan fingerprint density at radius 2 is 1.96 bits per heavy atom. The second-order valence-corrected chi connectivity index (χ2v) is 6.51. The Hall–Kier alpha value is -2.59. The van der Waals surface area contributed by atoms with Crippen molar-refractivity contribution in [2.24, 2.45) is 0 Å². The van der Waals surface area contributed by atoms with Gasteiger partial charge in [0, 0.05) is 35.6 Å². The maximum absolute atomic E-state index is 12.4. The van der Waals surface area contributed by atoms with Gasteiger partial charge in [-0.15, -0.1) is 0 Å². The zero-order chi connectivity index (χ0) is 17.6. The summed E-state index contributed by atoms with van der Waals surface area (Å²) in [5.74, 6) is -0.0752. The van der Waals surface area contributed by atoms with Crippen LogP contribution < -0.4 is 5.32 Å². The molecule has 1 atom stereocenters. The van der Waals surface area contributed by atoms with E-state index in [4.69, 9.17) is 11.6 Å². The molecule has 3 rings (SSSR count). The number of imidazole rings is 1. The quantitative estimate of drug-likeness (QED) is 0.729. The molecule has 0 aliphatic heterocycles. The predicted molar refractivity (Wildman–Crippen MR) is 99.9 cm³/mol. The van der Waals surface area contributed by atoms with Crippen LogP contribution in [0.2, 0.25) is 5.02 Å². The Morgan fingerprint density at radius 3 is 2.64 bits per heavy atom. The van der Waals surface area contributed by atoms with E-state index in [2.05, 4.69) is 10.3 Å². The molecule has 0 aliphatic rings. The van der Waals surface area contributed by atoms with Gasteiger partial charge in [0.2, 0.25) is 0 Å². The lowest BCUT2D eigenvalue weighted by Gasteiger charge is -2.15. The zero-order valence-electron chi connectivity index (χ0n) is 14.0. The van der Waals surface area contributed by atoms with Gasteiger partial charge in [0.05, 0.1) is 6.33 Å². The second kappa shape index (κ2) is 7.99. The van der Waals surface area contributed by atoms with Gasteiger partial charge in [-0.2, -0.15) is 0 Å². The van der Waals surface area contributed by atoms with Gasteiger partial charge in [0.1, 0.15) is 0 Å². The number of amides is 1. The number of aromatic nitrogens is 2. The van der Waals surface area contributed by atoms with Gasteiger partial charge >= 0.3 is 0 Å². The number of hydrogen-bond donors (Lipinski definition) is 1. The third-order valence-electron chi connectivity index (χ3n) is 4.00. The molecule has 1 unspecified atom stereocenters. The number of nitrogens with zero attached hydrogens (tertiary/aromatic N) is 2. The maximum atomic E-state index is 12.4. The third-order valence-corrected chi connectivity index (χ3v) is 4.37. The van der Waals surface area contributed by atoms with Gasteiger partial charge in [-0.25, -0.2) is 4.98 Å². The minimum atomic E-state index is -0.0752. The van der Waals surface area contributed by atoms with Crippen LogP contribution >= 0.6 is 11.6 Å². The van der Waals surface area contributed by atoms with Crippen molar-refractivity contribution in [3.63, 3.8) is 0 Å². The summed E-state index contributed by atoms with van der Waals surface area (Å²) in [5.41, 5.74) is 2.81. The summed E-state index contributed by atoms with van der Waals surface area (Å²) < 4.78 is 1.99. The van der Waals surface area contributed by atoms with Crippen LogP contribution in [0.3, 0.4) is 0 Å². The fourth-order valence-electron chi connectivity index (χ4n) is 2.70. The highest BCUT2D eigenvalue weighted by Gasteiger charge is 2.11. The highest BCUT2D eigenvalue weighted by Crippen LogP contribution is 2.16. The molecular weight excluding hydrogens is 334 g/mol. The molecule has 0 spiro atoms. The SMILES string of the molecule is CC(Cc1ccccc1Cl)NC(=O)c1ccc(Cn2ccnc2)cc1. The van der Waals surface area contributed by atoms with E-state index in [0.717, 1.165) is 22.7 Å². The second-order valence-electron chi connectivity index (χ2n) is 6.10. The fourth-order valence-corrected chi connectivity index (χ4v) is 2.92. The molecule has 25 heavy (non-hydrogen) atoms. The third kappa shape index (κ3) is 4.70. The van der Waals surface area contributed by atoms with Crippen LogP contribution in [0.4, 0.5) is 0 Å². The minimum Gasteiger partial charge on any atom is -0.349 e. The van der Waals surface area contributed by atoms with Gasteiger partial charge in [0.25, 0.3) is 5.91 Å². The van der Waals surface area contributed by atoms with Crippen LogP contribution in [0.15, 0.2) is 67.3 Å². The smallest absolute Gasteiger partial charge is 0.251 e. The van der Waals surface area contributed by atoms with E-state index >= 15 is 0 Å². The molecule has 0 saturated heterocycles. The first kappa shape index (κ1) is 17.2. The first-order chi connectivity index (χ1) is 12.1. The molecule has 128 valence electrons. The van der Waals surface area contributed by atoms with Crippen molar-refractivity contribution >= 4 is 17.5 Å². The molecule has 1 amide bonds. The highest BCUT2D eigenvalue weighted by molar-refractivity contribution is 6.31. The fraction of sp³-hybridized carbons (Fsp3) is 0.200. The number of carbonyl (C=O) groups excluding carboxylic acids is 1. The lowest BCUT2D eigenvalue weighted by atomic mass is 10.1. The summed E-state index contributed by atoms with van der Waals surface area (Å²) in [7, 11) is 0. The van der Waals surface area contributed by atoms with Gasteiger partial charge in [-0.3, -0.25) is 4.79 Å². The van der Waals surface area contributed by atoms with Gasteiger partial charge in [-0.05, 0) is 42.7 Å². The number of hydrogen-bond acceptors (Lipinski definition) is 2. The van der Waals surface area contributed by atoms with Crippen molar-refractivity contribution in [2.45, 2.75) is 25.9 Å². The summed E-state index contributed by atoms with van der Waals surface area (Å²) in [6, 6.07) is 15.3. The Bertz CT molecular complexity index is 828. The molecule has 3 aromatic rings. The van der Waals surface area contributed by atoms with Crippen LogP contribution in [0, 0.1) is 0 Å². The Kier molecular flexibility index (Phi) is 5.51. The molecule has 1 aromatic heterocycles. The molecule has 0 aliphatic carbocycles. The van der Waals surface area contributed by atoms with E-state index in [1.54, 1.807) is 12.5 Å². The molecule has 0 fully saturated rings. The lowest BCUT2D eigenvalue weighted by Crippen LogP contribution is -2.34. The topological polar surface area (TPSA) is 46.9 Å². The molecule has 2 aromatic carbocycles. The first-order valence-corrected chi connectivity index (χ1v) is 8.58. The van der Waals surface area contributed by atoms with E-state index in [9.17, 15) is 4.79 Å². The van der Waals surface area contributed by atoms with Gasteiger partial charge in [-0.1, -0.05) is 41.9 Å². The summed E-state index contributed by atoms with van der Waals surface area (Å²) in [6.07, 6.45) is 6.14. The standard InChI is InChI=1S/C20H20ClN3O/c1-15(12-18-4-2-3-5-19(18)21)23-20(25)17-8-6-16(7-9-17)13-24-11-10-22-14-24/h2-11,14-15H,12-13H2,1H3,(H,23,25). The predicted octanol–water partition coefficient (Wildman–Crippen LogP) is 3.95. The van der Waals surface area contributed by atoms with Crippen LogP contribution in [-0.4, -0.2) is 21.5 Å². The summed E-state index contributed by atoms with van der Waals surface area (Å²) in [4.78, 5) is 16.4. The van der Waals surface area contributed by atoms with Gasteiger partial charge < -0.3 is 9.88 Å². The molecule has 1 heterocycles. The molecule has 0 radical (unpaired) electrons. The summed E-state index contributed by atoms with van der Waals surface area (Å²) in [6.45, 7) is 2.72.